The van der Waals surface area contributed by atoms with Gasteiger partial charge in [0.05, 0.1) is 36.6 Å². The molecule has 4 atom stereocenters. The average Bonchev–Trinajstić information content (AvgIpc) is 3.38. The third-order valence-corrected chi connectivity index (χ3v) is 10.3. The summed E-state index contributed by atoms with van der Waals surface area (Å²) in [6.45, 7) is 3.80. The Morgan fingerprint density at radius 1 is 0.872 bits per heavy atom. The number of benzene rings is 3. The highest BCUT2D eigenvalue weighted by Gasteiger charge is 2.65. The van der Waals surface area contributed by atoms with Crippen molar-refractivity contribution in [2.45, 2.75) is 82.4 Å². The number of halogens is 1. The van der Waals surface area contributed by atoms with Crippen LogP contribution in [0.4, 0.5) is 5.82 Å². The van der Waals surface area contributed by atoms with Crippen LogP contribution in [0.2, 0.25) is 5.28 Å². The molecule has 7 nitrogen and oxygen atoms in total. The number of rotatable bonds is 15. The van der Waals surface area contributed by atoms with Gasteiger partial charge in [0.1, 0.15) is 18.0 Å². The summed E-state index contributed by atoms with van der Waals surface area (Å²) in [7, 11) is 0. The second-order valence-electron chi connectivity index (χ2n) is 12.4. The first-order valence-corrected chi connectivity index (χ1v) is 17.7. The summed E-state index contributed by atoms with van der Waals surface area (Å²) < 4.78 is 27.4. The molecule has 5 aromatic rings. The fraction of sp³-hybridized carbons (Fsp3) is 0.368. The number of anilines is 1. The Bertz CT molecular complexity index is 1740. The molecule has 3 aromatic carbocycles. The van der Waals surface area contributed by atoms with Crippen molar-refractivity contribution in [3.8, 4) is 0 Å². The zero-order chi connectivity index (χ0) is 32.1. The van der Waals surface area contributed by atoms with E-state index in [0.29, 0.717) is 32.5 Å². The first-order chi connectivity index (χ1) is 23.1. The van der Waals surface area contributed by atoms with Gasteiger partial charge in [-0.25, -0.2) is 4.98 Å². The van der Waals surface area contributed by atoms with E-state index in [0.717, 1.165) is 51.1 Å². The third kappa shape index (κ3) is 7.54. The second kappa shape index (κ2) is 14.8. The van der Waals surface area contributed by atoms with E-state index in [-0.39, 0.29) is 17.3 Å². The molecule has 0 radical (unpaired) electrons. The fourth-order valence-electron chi connectivity index (χ4n) is 6.55. The molecular weight excluding hydrogens is 630 g/mol. The van der Waals surface area contributed by atoms with Crippen LogP contribution < -0.4 is 5.32 Å². The maximum Gasteiger partial charge on any atom is 0.225 e. The van der Waals surface area contributed by atoms with Crippen LogP contribution in [0.3, 0.4) is 0 Å². The lowest BCUT2D eigenvalue weighted by atomic mass is 9.91. The smallest absolute Gasteiger partial charge is 0.225 e. The van der Waals surface area contributed by atoms with E-state index in [1.807, 2.05) is 54.6 Å². The zero-order valence-corrected chi connectivity index (χ0v) is 28.1. The molecule has 0 bridgehead atoms. The van der Waals surface area contributed by atoms with E-state index in [4.69, 9.17) is 35.5 Å². The Balaban J connectivity index is 1.20. The first kappa shape index (κ1) is 32.2. The number of aromatic nitrogens is 2. The fourth-order valence-corrected chi connectivity index (χ4v) is 7.78. The van der Waals surface area contributed by atoms with Gasteiger partial charge in [-0.2, -0.15) is 4.98 Å². The van der Waals surface area contributed by atoms with Gasteiger partial charge in [-0.1, -0.05) is 111 Å². The summed E-state index contributed by atoms with van der Waals surface area (Å²) in [5, 5.41) is 6.05. The molecule has 0 spiro atoms. The molecule has 2 fully saturated rings. The number of epoxide rings is 1. The predicted octanol–water partition coefficient (Wildman–Crippen LogP) is 8.92. The van der Waals surface area contributed by atoms with Crippen molar-refractivity contribution in [1.82, 2.24) is 9.97 Å². The molecule has 1 aliphatic heterocycles. The number of fused-ring (bicyclic) bond motifs is 1. The average molecular weight is 670 g/mol. The van der Waals surface area contributed by atoms with Crippen molar-refractivity contribution in [3.63, 3.8) is 0 Å². The summed E-state index contributed by atoms with van der Waals surface area (Å²) in [4.78, 5) is 9.36. The lowest BCUT2D eigenvalue weighted by Gasteiger charge is -2.30. The molecule has 244 valence electrons. The quantitative estimate of drug-likeness (QED) is 0.0881. The van der Waals surface area contributed by atoms with Crippen LogP contribution in [0.15, 0.2) is 96.4 Å². The van der Waals surface area contributed by atoms with Crippen molar-refractivity contribution in [2.75, 3.05) is 11.9 Å². The van der Waals surface area contributed by atoms with Gasteiger partial charge in [0.15, 0.2) is 0 Å². The maximum atomic E-state index is 6.85. The van der Waals surface area contributed by atoms with Crippen LogP contribution in [0.5, 0.6) is 0 Å². The van der Waals surface area contributed by atoms with Crippen molar-refractivity contribution in [1.29, 1.82) is 0 Å². The van der Waals surface area contributed by atoms with Crippen LogP contribution >= 0.6 is 22.9 Å². The molecule has 1 aliphatic carbocycles. The zero-order valence-electron chi connectivity index (χ0n) is 26.5. The SMILES string of the molecule is C[C@@H](c1csc2c(NC3CCCC3)nc(Cl)nc12)[C@H](OCc1ccccc1)[C@@]1(OCc2ccccc2)O[C@@H]1COCc1ccccc1. The number of hydrogen-bond donors (Lipinski definition) is 1. The molecule has 1 N–H and O–H groups in total. The molecule has 0 unspecified atom stereocenters. The predicted molar refractivity (Wildman–Crippen MR) is 187 cm³/mol. The first-order valence-electron chi connectivity index (χ1n) is 16.4. The van der Waals surface area contributed by atoms with E-state index in [2.05, 4.69) is 59.0 Å². The molecule has 3 heterocycles. The van der Waals surface area contributed by atoms with Crippen LogP contribution in [-0.2, 0) is 38.8 Å². The number of nitrogens with one attached hydrogen (secondary N) is 1. The molecule has 2 aliphatic rings. The Morgan fingerprint density at radius 2 is 1.49 bits per heavy atom. The molecule has 9 heteroatoms. The van der Waals surface area contributed by atoms with Crippen molar-refractivity contribution in [2.24, 2.45) is 0 Å². The Morgan fingerprint density at radius 3 is 2.15 bits per heavy atom. The number of hydrogen-bond acceptors (Lipinski definition) is 8. The van der Waals surface area contributed by atoms with Gasteiger partial charge in [0.2, 0.25) is 11.1 Å². The lowest BCUT2D eigenvalue weighted by Crippen LogP contribution is -2.42. The summed E-state index contributed by atoms with van der Waals surface area (Å²) in [6, 6.07) is 30.9. The number of thiophene rings is 1. The summed E-state index contributed by atoms with van der Waals surface area (Å²) in [6.07, 6.45) is 3.94. The highest BCUT2D eigenvalue weighted by molar-refractivity contribution is 7.18. The summed E-state index contributed by atoms with van der Waals surface area (Å²) >= 11 is 8.20. The number of ether oxygens (including phenoxy) is 4. The van der Waals surface area contributed by atoms with Crippen LogP contribution in [0.25, 0.3) is 10.2 Å². The standard InChI is InChI=1S/C38H40ClN3O4S/c1-26(31-25-47-34-33(31)41-37(39)42-36(34)40-30-19-11-12-20-30)35(44-22-28-15-7-3-8-16-28)38(45-23-29-17-9-4-10-18-29)32(46-38)24-43-21-27-13-5-2-6-14-27/h2-10,13-18,25-26,30,32,35H,11-12,19-24H2,1H3,(H,40,41,42)/t26-,32+,35-,38-/m0/s1. The second-order valence-corrected chi connectivity index (χ2v) is 13.7. The molecule has 1 saturated carbocycles. The van der Waals surface area contributed by atoms with Crippen molar-refractivity contribution in [3.05, 3.63) is 124 Å². The van der Waals surface area contributed by atoms with E-state index in [1.165, 1.54) is 12.8 Å². The Hall–Kier alpha value is -3.37. The van der Waals surface area contributed by atoms with Crippen LogP contribution in [-0.4, -0.2) is 40.6 Å². The van der Waals surface area contributed by atoms with Gasteiger partial charge in [0.25, 0.3) is 0 Å². The van der Waals surface area contributed by atoms with Crippen molar-refractivity contribution < 1.29 is 18.9 Å². The minimum absolute atomic E-state index is 0.160. The highest BCUT2D eigenvalue weighted by atomic mass is 35.5. The topological polar surface area (TPSA) is 78.0 Å². The highest BCUT2D eigenvalue weighted by Crippen LogP contribution is 2.50. The van der Waals surface area contributed by atoms with E-state index >= 15 is 0 Å². The van der Waals surface area contributed by atoms with Gasteiger partial charge in [-0.3, -0.25) is 0 Å². The molecule has 0 amide bonds. The molecule has 2 aromatic heterocycles. The maximum absolute atomic E-state index is 6.85. The minimum Gasteiger partial charge on any atom is -0.374 e. The molecule has 7 rings (SSSR count). The van der Waals surface area contributed by atoms with Gasteiger partial charge in [0, 0.05) is 12.0 Å². The van der Waals surface area contributed by atoms with E-state index < -0.39 is 11.9 Å². The van der Waals surface area contributed by atoms with Crippen LogP contribution in [0, 0.1) is 0 Å². The lowest BCUT2D eigenvalue weighted by molar-refractivity contribution is -0.160. The Labute approximate surface area is 285 Å². The largest absolute Gasteiger partial charge is 0.374 e. The van der Waals surface area contributed by atoms with Gasteiger partial charge >= 0.3 is 0 Å². The van der Waals surface area contributed by atoms with Gasteiger partial charge in [-0.05, 0) is 52.1 Å². The summed E-state index contributed by atoms with van der Waals surface area (Å²) in [5.74, 6) is -0.383. The third-order valence-electron chi connectivity index (χ3n) is 9.13. The van der Waals surface area contributed by atoms with E-state index in [1.54, 1.807) is 11.3 Å². The van der Waals surface area contributed by atoms with Gasteiger partial charge in [-0.15, -0.1) is 11.3 Å². The van der Waals surface area contributed by atoms with Gasteiger partial charge < -0.3 is 24.3 Å². The normalized spacial score (nSPS) is 20.8. The molecule has 1 saturated heterocycles. The van der Waals surface area contributed by atoms with E-state index in [9.17, 15) is 0 Å². The molecular formula is C38H40ClN3O4S. The van der Waals surface area contributed by atoms with Crippen LogP contribution in [0.1, 0.15) is 60.8 Å². The minimum atomic E-state index is -1.03. The Kier molecular flexibility index (Phi) is 10.1. The monoisotopic (exact) mass is 669 g/mol. The van der Waals surface area contributed by atoms with Crippen molar-refractivity contribution >= 4 is 39.0 Å². The molecule has 47 heavy (non-hydrogen) atoms. The summed E-state index contributed by atoms with van der Waals surface area (Å²) in [5.41, 5.74) is 5.11. The number of nitrogens with zero attached hydrogens (tertiary/aromatic N) is 2.